The third-order valence-electron chi connectivity index (χ3n) is 3.04. The normalized spacial score (nSPS) is 16.4. The Morgan fingerprint density at radius 2 is 1.00 bits per heavy atom. The Hall–Kier alpha value is 0.644. The van der Waals surface area contributed by atoms with Gasteiger partial charge in [0.25, 0.3) is 0 Å². The SMILES string of the molecule is CC1=C(C)C(C)C(C)=C1C.Cl.Cl.[V]. The second-order valence-electron chi connectivity index (χ2n) is 3.34. The Morgan fingerprint density at radius 3 is 1.08 bits per heavy atom. The van der Waals surface area contributed by atoms with Gasteiger partial charge in [0.2, 0.25) is 0 Å². The third-order valence-corrected chi connectivity index (χ3v) is 3.04. The van der Waals surface area contributed by atoms with Crippen molar-refractivity contribution in [1.82, 2.24) is 0 Å². The van der Waals surface area contributed by atoms with Crippen LogP contribution >= 0.6 is 24.8 Å². The average molecular weight is 260 g/mol. The van der Waals surface area contributed by atoms with Gasteiger partial charge in [-0.1, -0.05) is 18.1 Å². The van der Waals surface area contributed by atoms with Gasteiger partial charge in [-0.05, 0) is 44.8 Å². The van der Waals surface area contributed by atoms with Gasteiger partial charge in [-0.2, -0.15) is 0 Å². The molecule has 1 radical (unpaired) electrons. The molecule has 0 atom stereocenters. The van der Waals surface area contributed by atoms with E-state index in [0.717, 1.165) is 0 Å². The van der Waals surface area contributed by atoms with Crippen molar-refractivity contribution in [2.24, 2.45) is 5.92 Å². The molecular formula is C10H18Cl2V. The van der Waals surface area contributed by atoms with Crippen molar-refractivity contribution in [3.8, 4) is 0 Å². The molecule has 0 saturated heterocycles. The minimum atomic E-state index is 0. The monoisotopic (exact) mass is 259 g/mol. The van der Waals surface area contributed by atoms with E-state index in [1.807, 2.05) is 0 Å². The van der Waals surface area contributed by atoms with Crippen LogP contribution in [0.25, 0.3) is 0 Å². The van der Waals surface area contributed by atoms with Crippen molar-refractivity contribution in [2.45, 2.75) is 34.6 Å². The molecule has 77 valence electrons. The van der Waals surface area contributed by atoms with Gasteiger partial charge in [-0.25, -0.2) is 0 Å². The van der Waals surface area contributed by atoms with Crippen molar-refractivity contribution in [3.63, 3.8) is 0 Å². The van der Waals surface area contributed by atoms with E-state index < -0.39 is 0 Å². The summed E-state index contributed by atoms with van der Waals surface area (Å²) in [5.74, 6) is 0.694. The first-order chi connectivity index (χ1) is 4.55. The second-order valence-corrected chi connectivity index (χ2v) is 3.34. The molecule has 13 heavy (non-hydrogen) atoms. The van der Waals surface area contributed by atoms with E-state index in [0.29, 0.717) is 5.92 Å². The Kier molecular flexibility index (Phi) is 10.4. The first-order valence-electron chi connectivity index (χ1n) is 3.90. The molecule has 0 heterocycles. The predicted molar refractivity (Wildman–Crippen MR) is 60.4 cm³/mol. The summed E-state index contributed by atoms with van der Waals surface area (Å²) in [7, 11) is 0. The Bertz CT molecular complexity index is 205. The van der Waals surface area contributed by atoms with Gasteiger partial charge in [0, 0.05) is 18.6 Å². The van der Waals surface area contributed by atoms with Crippen molar-refractivity contribution in [3.05, 3.63) is 22.3 Å². The zero-order valence-corrected chi connectivity index (χ0v) is 11.9. The summed E-state index contributed by atoms with van der Waals surface area (Å²) in [4.78, 5) is 0. The Morgan fingerprint density at radius 1 is 0.769 bits per heavy atom. The van der Waals surface area contributed by atoms with Crippen molar-refractivity contribution < 1.29 is 18.6 Å². The van der Waals surface area contributed by atoms with Gasteiger partial charge >= 0.3 is 0 Å². The zero-order valence-electron chi connectivity index (χ0n) is 8.84. The van der Waals surface area contributed by atoms with Crippen LogP contribution in [0.15, 0.2) is 22.3 Å². The Balaban J connectivity index is -0.000000333. The summed E-state index contributed by atoms with van der Waals surface area (Å²) in [6.07, 6.45) is 0. The molecule has 1 aliphatic rings. The van der Waals surface area contributed by atoms with Crippen molar-refractivity contribution in [1.29, 1.82) is 0 Å². The van der Waals surface area contributed by atoms with Gasteiger partial charge in [-0.3, -0.25) is 0 Å². The molecule has 0 fully saturated rings. The Labute approximate surface area is 106 Å². The molecule has 0 nitrogen and oxygen atoms in total. The summed E-state index contributed by atoms with van der Waals surface area (Å²) in [5, 5.41) is 0. The summed E-state index contributed by atoms with van der Waals surface area (Å²) in [5.41, 5.74) is 6.11. The quantitative estimate of drug-likeness (QED) is 0.613. The third kappa shape index (κ3) is 3.36. The first-order valence-corrected chi connectivity index (χ1v) is 3.90. The van der Waals surface area contributed by atoms with Crippen LogP contribution in [0.3, 0.4) is 0 Å². The van der Waals surface area contributed by atoms with Crippen molar-refractivity contribution in [2.75, 3.05) is 0 Å². The molecule has 0 aliphatic heterocycles. The standard InChI is InChI=1S/C10H16.2ClH.V/c1-6-7(2)9(4)10(5)8(6)3;;;/h6H,1-5H3;2*1H;. The predicted octanol–water partition coefficient (Wildman–Crippen LogP) is 4.15. The molecule has 3 heteroatoms. The molecule has 0 spiro atoms. The molecule has 0 aromatic heterocycles. The van der Waals surface area contributed by atoms with E-state index in [1.54, 1.807) is 11.1 Å². The number of allylic oxidation sites excluding steroid dienone is 4. The summed E-state index contributed by atoms with van der Waals surface area (Å²) in [6.45, 7) is 11.2. The molecule has 0 aromatic rings. The van der Waals surface area contributed by atoms with Crippen LogP contribution in [0, 0.1) is 5.92 Å². The fourth-order valence-corrected chi connectivity index (χ4v) is 1.57. The molecule has 0 bridgehead atoms. The topological polar surface area (TPSA) is 0 Å². The molecule has 0 aromatic carbocycles. The second kappa shape index (κ2) is 7.01. The van der Waals surface area contributed by atoms with Crippen LogP contribution in [-0.4, -0.2) is 0 Å². The van der Waals surface area contributed by atoms with Gasteiger partial charge in [0.1, 0.15) is 0 Å². The van der Waals surface area contributed by atoms with Crippen LogP contribution < -0.4 is 0 Å². The van der Waals surface area contributed by atoms with Crippen molar-refractivity contribution >= 4 is 24.8 Å². The molecule has 0 unspecified atom stereocenters. The van der Waals surface area contributed by atoms with Crippen LogP contribution in [0.5, 0.6) is 0 Å². The molecule has 0 saturated carbocycles. The van der Waals surface area contributed by atoms with Gasteiger partial charge in [-0.15, -0.1) is 24.8 Å². The minimum absolute atomic E-state index is 0. The maximum atomic E-state index is 2.28. The minimum Gasteiger partial charge on any atom is -0.147 e. The maximum Gasteiger partial charge on any atom is 0 e. The summed E-state index contributed by atoms with van der Waals surface area (Å²) in [6, 6.07) is 0. The summed E-state index contributed by atoms with van der Waals surface area (Å²) < 4.78 is 0. The molecule has 0 amide bonds. The van der Waals surface area contributed by atoms with E-state index in [9.17, 15) is 0 Å². The first kappa shape index (κ1) is 19.3. The van der Waals surface area contributed by atoms with Crippen LogP contribution in [-0.2, 0) is 18.6 Å². The largest absolute Gasteiger partial charge is 0.147 e. The van der Waals surface area contributed by atoms with E-state index in [-0.39, 0.29) is 43.4 Å². The van der Waals surface area contributed by atoms with Gasteiger partial charge in [0.05, 0.1) is 0 Å². The van der Waals surface area contributed by atoms with Crippen LogP contribution in [0.2, 0.25) is 0 Å². The van der Waals surface area contributed by atoms with E-state index in [4.69, 9.17) is 0 Å². The van der Waals surface area contributed by atoms with E-state index >= 15 is 0 Å². The number of hydrogen-bond acceptors (Lipinski definition) is 0. The van der Waals surface area contributed by atoms with Crippen LogP contribution in [0.1, 0.15) is 34.6 Å². The van der Waals surface area contributed by atoms with Gasteiger partial charge < -0.3 is 0 Å². The smallest absolute Gasteiger partial charge is 0 e. The number of rotatable bonds is 0. The van der Waals surface area contributed by atoms with E-state index in [2.05, 4.69) is 34.6 Å². The van der Waals surface area contributed by atoms with Crippen LogP contribution in [0.4, 0.5) is 0 Å². The average Bonchev–Trinajstić information content (AvgIpc) is 2.07. The zero-order chi connectivity index (χ0) is 7.89. The fourth-order valence-electron chi connectivity index (χ4n) is 1.57. The molecule has 1 aliphatic carbocycles. The molecular weight excluding hydrogens is 242 g/mol. The van der Waals surface area contributed by atoms with Gasteiger partial charge in [0.15, 0.2) is 0 Å². The van der Waals surface area contributed by atoms with E-state index in [1.165, 1.54) is 11.1 Å². The maximum absolute atomic E-state index is 2.28. The summed E-state index contributed by atoms with van der Waals surface area (Å²) >= 11 is 0. The molecule has 0 N–H and O–H groups in total. The number of halogens is 2. The fraction of sp³-hybridized carbons (Fsp3) is 0.600. The molecule has 1 rings (SSSR count). The number of hydrogen-bond donors (Lipinski definition) is 0.